The van der Waals surface area contributed by atoms with Crippen molar-refractivity contribution < 1.29 is 4.74 Å². The summed E-state index contributed by atoms with van der Waals surface area (Å²) in [5.74, 6) is 2.64. The SMILES string of the molecule is CC(C)n1ncnc1-c1cn2c(n1)-c1cc([C@@H](C)N3CCN(C)CC3)ccc1OCC2. The van der Waals surface area contributed by atoms with Gasteiger partial charge in [0, 0.05) is 44.5 Å². The van der Waals surface area contributed by atoms with Gasteiger partial charge in [-0.3, -0.25) is 4.90 Å². The highest BCUT2D eigenvalue weighted by Crippen LogP contribution is 2.36. The number of fused-ring (bicyclic) bond motifs is 3. The zero-order valence-electron chi connectivity index (χ0n) is 18.8. The number of nitrogens with zero attached hydrogens (tertiary/aromatic N) is 7. The highest BCUT2D eigenvalue weighted by Gasteiger charge is 2.25. The van der Waals surface area contributed by atoms with E-state index in [1.54, 1.807) is 6.33 Å². The molecule has 1 atom stereocenters. The van der Waals surface area contributed by atoms with Crippen molar-refractivity contribution in [1.29, 1.82) is 0 Å². The van der Waals surface area contributed by atoms with Crippen LogP contribution in [0.2, 0.25) is 0 Å². The van der Waals surface area contributed by atoms with Crippen LogP contribution < -0.4 is 4.74 Å². The lowest BCUT2D eigenvalue weighted by atomic mass is 10.0. The maximum absolute atomic E-state index is 6.06. The fourth-order valence-electron chi connectivity index (χ4n) is 4.50. The second kappa shape index (κ2) is 8.09. The Morgan fingerprint density at radius 2 is 1.81 bits per heavy atom. The zero-order valence-corrected chi connectivity index (χ0v) is 18.8. The van der Waals surface area contributed by atoms with Crippen molar-refractivity contribution in [2.24, 2.45) is 0 Å². The minimum atomic E-state index is 0.227. The predicted molar refractivity (Wildman–Crippen MR) is 120 cm³/mol. The molecule has 0 aliphatic carbocycles. The molecule has 3 aromatic rings. The smallest absolute Gasteiger partial charge is 0.178 e. The summed E-state index contributed by atoms with van der Waals surface area (Å²) in [5, 5.41) is 4.38. The van der Waals surface area contributed by atoms with Gasteiger partial charge in [0.2, 0.25) is 0 Å². The molecular formula is C23H31N7O. The van der Waals surface area contributed by atoms with Crippen LogP contribution in [-0.4, -0.2) is 73.9 Å². The largest absolute Gasteiger partial charge is 0.491 e. The van der Waals surface area contributed by atoms with Gasteiger partial charge in [0.05, 0.1) is 12.1 Å². The fraction of sp³-hybridized carbons (Fsp3) is 0.522. The Balaban J connectivity index is 1.51. The molecule has 5 rings (SSSR count). The van der Waals surface area contributed by atoms with Gasteiger partial charge in [-0.2, -0.15) is 5.10 Å². The average molecular weight is 422 g/mol. The number of ether oxygens (including phenoxy) is 1. The molecule has 0 unspecified atom stereocenters. The Morgan fingerprint density at radius 1 is 1.00 bits per heavy atom. The summed E-state index contributed by atoms with van der Waals surface area (Å²) in [7, 11) is 2.19. The molecule has 4 heterocycles. The predicted octanol–water partition coefficient (Wildman–Crippen LogP) is 3.09. The molecule has 2 aliphatic heterocycles. The van der Waals surface area contributed by atoms with Crippen LogP contribution in [0.3, 0.4) is 0 Å². The molecule has 8 nitrogen and oxygen atoms in total. The number of hydrogen-bond acceptors (Lipinski definition) is 6. The van der Waals surface area contributed by atoms with Crippen molar-refractivity contribution in [3.8, 4) is 28.7 Å². The van der Waals surface area contributed by atoms with Crippen molar-refractivity contribution in [3.05, 3.63) is 36.3 Å². The molecule has 31 heavy (non-hydrogen) atoms. The first-order valence-electron chi connectivity index (χ1n) is 11.2. The molecule has 2 aliphatic rings. The van der Waals surface area contributed by atoms with E-state index in [2.05, 4.69) is 76.7 Å². The molecule has 164 valence electrons. The minimum Gasteiger partial charge on any atom is -0.491 e. The summed E-state index contributed by atoms with van der Waals surface area (Å²) >= 11 is 0. The third kappa shape index (κ3) is 3.74. The lowest BCUT2D eigenvalue weighted by Gasteiger charge is -2.36. The molecule has 0 N–H and O–H groups in total. The van der Waals surface area contributed by atoms with E-state index >= 15 is 0 Å². The van der Waals surface area contributed by atoms with Crippen LogP contribution in [0.5, 0.6) is 5.75 Å². The van der Waals surface area contributed by atoms with E-state index in [0.29, 0.717) is 12.6 Å². The van der Waals surface area contributed by atoms with E-state index in [9.17, 15) is 0 Å². The van der Waals surface area contributed by atoms with Crippen molar-refractivity contribution in [1.82, 2.24) is 34.1 Å². The molecule has 2 aromatic heterocycles. The highest BCUT2D eigenvalue weighted by molar-refractivity contribution is 5.69. The summed E-state index contributed by atoms with van der Waals surface area (Å²) in [4.78, 5) is 14.4. The molecule has 1 aromatic carbocycles. The first kappa shape index (κ1) is 20.2. The lowest BCUT2D eigenvalue weighted by Crippen LogP contribution is -2.45. The van der Waals surface area contributed by atoms with Crippen molar-refractivity contribution in [2.45, 2.75) is 39.4 Å². The Bertz CT molecular complexity index is 1060. The van der Waals surface area contributed by atoms with Gasteiger partial charge in [-0.1, -0.05) is 6.07 Å². The summed E-state index contributed by atoms with van der Waals surface area (Å²) in [6.07, 6.45) is 3.68. The number of hydrogen-bond donors (Lipinski definition) is 0. The van der Waals surface area contributed by atoms with Gasteiger partial charge < -0.3 is 14.2 Å². The van der Waals surface area contributed by atoms with Crippen LogP contribution in [0.25, 0.3) is 22.9 Å². The number of rotatable bonds is 4. The molecule has 0 saturated carbocycles. The van der Waals surface area contributed by atoms with E-state index in [-0.39, 0.29) is 6.04 Å². The number of aromatic nitrogens is 5. The first-order chi connectivity index (χ1) is 15.0. The molecule has 0 radical (unpaired) electrons. The lowest BCUT2D eigenvalue weighted by molar-refractivity contribution is 0.119. The monoisotopic (exact) mass is 421 g/mol. The van der Waals surface area contributed by atoms with E-state index in [1.165, 1.54) is 5.56 Å². The quantitative estimate of drug-likeness (QED) is 0.645. The summed E-state index contributed by atoms with van der Waals surface area (Å²) in [6, 6.07) is 7.16. The van der Waals surface area contributed by atoms with Crippen LogP contribution >= 0.6 is 0 Å². The number of piperazine rings is 1. The second-order valence-electron chi connectivity index (χ2n) is 8.88. The standard InChI is InChI=1S/C23H31N7O/c1-16(2)30-23(24-15-25-30)20-14-29-11-12-31-21-6-5-18(13-19(21)22(29)26-20)17(3)28-9-7-27(4)8-10-28/h5-6,13-17H,7-12H2,1-4H3/t17-/m1/s1. The van der Waals surface area contributed by atoms with Crippen LogP contribution in [-0.2, 0) is 6.54 Å². The number of likely N-dealkylation sites (N-methyl/N-ethyl adjacent to an activating group) is 1. The van der Waals surface area contributed by atoms with Crippen molar-refractivity contribution >= 4 is 0 Å². The maximum Gasteiger partial charge on any atom is 0.178 e. The first-order valence-corrected chi connectivity index (χ1v) is 11.2. The molecular weight excluding hydrogens is 390 g/mol. The normalized spacial score (nSPS) is 18.4. The average Bonchev–Trinajstić information content (AvgIpc) is 3.38. The maximum atomic E-state index is 6.06. The molecule has 0 amide bonds. The minimum absolute atomic E-state index is 0.227. The Labute approximate surface area is 183 Å². The van der Waals surface area contributed by atoms with Gasteiger partial charge in [0.25, 0.3) is 0 Å². The van der Waals surface area contributed by atoms with E-state index < -0.39 is 0 Å². The topological polar surface area (TPSA) is 64.2 Å². The van der Waals surface area contributed by atoms with Gasteiger partial charge in [-0.15, -0.1) is 0 Å². The zero-order chi connectivity index (χ0) is 21.5. The van der Waals surface area contributed by atoms with E-state index in [4.69, 9.17) is 9.72 Å². The highest BCUT2D eigenvalue weighted by atomic mass is 16.5. The van der Waals surface area contributed by atoms with Crippen LogP contribution in [0.4, 0.5) is 0 Å². The Kier molecular flexibility index (Phi) is 5.27. The third-order valence-electron chi connectivity index (χ3n) is 6.47. The Morgan fingerprint density at radius 3 is 2.58 bits per heavy atom. The number of imidazole rings is 1. The van der Waals surface area contributed by atoms with Crippen molar-refractivity contribution in [3.63, 3.8) is 0 Å². The van der Waals surface area contributed by atoms with Crippen molar-refractivity contribution in [2.75, 3.05) is 39.8 Å². The van der Waals surface area contributed by atoms with E-state index in [1.807, 2.05) is 4.68 Å². The van der Waals surface area contributed by atoms with E-state index in [0.717, 1.165) is 61.4 Å². The summed E-state index contributed by atoms with van der Waals surface area (Å²) in [5.41, 5.74) is 3.21. The summed E-state index contributed by atoms with van der Waals surface area (Å²) in [6.45, 7) is 12.3. The molecule has 1 fully saturated rings. The molecule has 0 bridgehead atoms. The number of benzene rings is 1. The van der Waals surface area contributed by atoms with Crippen LogP contribution in [0.1, 0.15) is 38.4 Å². The van der Waals surface area contributed by atoms with Gasteiger partial charge >= 0.3 is 0 Å². The van der Waals surface area contributed by atoms with Crippen LogP contribution in [0, 0.1) is 0 Å². The van der Waals surface area contributed by atoms with Gasteiger partial charge in [-0.05, 0) is 45.5 Å². The second-order valence-corrected chi connectivity index (χ2v) is 8.88. The van der Waals surface area contributed by atoms with Gasteiger partial charge in [0.15, 0.2) is 5.82 Å². The van der Waals surface area contributed by atoms with Gasteiger partial charge in [0.1, 0.15) is 30.2 Å². The Hall–Kier alpha value is -2.71. The van der Waals surface area contributed by atoms with Gasteiger partial charge in [-0.25, -0.2) is 14.6 Å². The molecule has 8 heteroatoms. The third-order valence-corrected chi connectivity index (χ3v) is 6.47. The summed E-state index contributed by atoms with van der Waals surface area (Å²) < 4.78 is 10.2. The van der Waals surface area contributed by atoms with Crippen LogP contribution in [0.15, 0.2) is 30.7 Å². The molecule has 0 spiro atoms. The molecule has 1 saturated heterocycles. The fourth-order valence-corrected chi connectivity index (χ4v) is 4.50.